The lowest BCUT2D eigenvalue weighted by atomic mass is 9.62. The molecule has 1 unspecified atom stereocenters. The molecule has 0 aromatic heterocycles. The van der Waals surface area contributed by atoms with Gasteiger partial charge in [0, 0.05) is 37.8 Å². The Bertz CT molecular complexity index is 1420. The molecule has 0 aliphatic carbocycles. The maximum atomic E-state index is 13.3. The Morgan fingerprint density at radius 2 is 1.27 bits per heavy atom. The first-order chi connectivity index (χ1) is 24.0. The average Bonchev–Trinajstić information content (AvgIpc) is 3.00. The fraction of sp³-hybridized carbons (Fsp3) is 0.632. The molecule has 0 spiro atoms. The minimum Gasteiger partial charge on any atom is -0.355 e. The molecular formula is C38H60N6O8. The number of piperidine rings is 1. The highest BCUT2D eigenvalue weighted by molar-refractivity contribution is 5.99. The second kappa shape index (κ2) is 19.8. The van der Waals surface area contributed by atoms with Gasteiger partial charge in [-0.15, -0.1) is 0 Å². The molecule has 0 saturated carbocycles. The smallest absolute Gasteiger partial charge is 0.243 e. The van der Waals surface area contributed by atoms with Crippen LogP contribution in [0.25, 0.3) is 0 Å². The fourth-order valence-corrected chi connectivity index (χ4v) is 6.32. The second-order valence-electron chi connectivity index (χ2n) is 15.9. The Morgan fingerprint density at radius 3 is 1.79 bits per heavy atom. The van der Waals surface area contributed by atoms with Gasteiger partial charge in [-0.2, -0.15) is 0 Å². The van der Waals surface area contributed by atoms with E-state index in [1.807, 2.05) is 61.5 Å². The van der Waals surface area contributed by atoms with E-state index in [1.165, 1.54) is 11.8 Å². The quantitative estimate of drug-likeness (QED) is 0.126. The van der Waals surface area contributed by atoms with Crippen LogP contribution in [0, 0.1) is 16.2 Å². The van der Waals surface area contributed by atoms with Gasteiger partial charge < -0.3 is 31.4 Å². The first-order valence-electron chi connectivity index (χ1n) is 17.7. The van der Waals surface area contributed by atoms with Crippen LogP contribution >= 0.6 is 0 Å². The molecular weight excluding hydrogens is 668 g/mol. The molecule has 1 aromatic rings. The molecule has 7 amide bonds. The van der Waals surface area contributed by atoms with Crippen LogP contribution in [-0.4, -0.2) is 90.3 Å². The van der Waals surface area contributed by atoms with Crippen molar-refractivity contribution in [3.8, 4) is 0 Å². The highest BCUT2D eigenvalue weighted by Gasteiger charge is 2.51. The summed E-state index contributed by atoms with van der Waals surface area (Å²) in [6.07, 6.45) is 1.84. The van der Waals surface area contributed by atoms with E-state index in [-0.39, 0.29) is 61.9 Å². The van der Waals surface area contributed by atoms with Gasteiger partial charge in [-0.3, -0.25) is 38.5 Å². The number of benzene rings is 1. The molecule has 1 saturated heterocycles. The number of nitrogens with zero attached hydrogens (tertiary/aromatic N) is 1. The normalized spacial score (nSPS) is 14.9. The number of hydrogen-bond donors (Lipinski definition) is 5. The maximum Gasteiger partial charge on any atom is 0.243 e. The van der Waals surface area contributed by atoms with Gasteiger partial charge in [0.25, 0.3) is 0 Å². The van der Waals surface area contributed by atoms with Gasteiger partial charge in [-0.25, -0.2) is 0 Å². The summed E-state index contributed by atoms with van der Waals surface area (Å²) >= 11 is 0. The first kappa shape index (κ1) is 45.4. The number of hydrogen-bond acceptors (Lipinski definition) is 8. The molecule has 1 aliphatic rings. The zero-order valence-electron chi connectivity index (χ0n) is 32.6. The minimum atomic E-state index is -0.994. The molecule has 52 heavy (non-hydrogen) atoms. The first-order valence-corrected chi connectivity index (χ1v) is 17.7. The molecule has 290 valence electrons. The summed E-state index contributed by atoms with van der Waals surface area (Å²) in [4.78, 5) is 99.3. The molecule has 1 aromatic carbocycles. The van der Waals surface area contributed by atoms with Gasteiger partial charge in [-0.05, 0) is 55.9 Å². The largest absolute Gasteiger partial charge is 0.355 e. The zero-order chi connectivity index (χ0) is 39.9. The number of amides is 7. The lowest BCUT2D eigenvalue weighted by Crippen LogP contribution is -2.59. The molecule has 2 rings (SSSR count). The summed E-state index contributed by atoms with van der Waals surface area (Å²) in [5.74, 6) is -2.97. The summed E-state index contributed by atoms with van der Waals surface area (Å²) in [7, 11) is 0. The number of rotatable bonds is 16. The SMILES string of the molecule is CC=O.CCNC(=O)CNC(=O)C(Cc1ccccc1)NC(=O)CNC(=O)CNC(=O)CC(C)(C)CC(C)(C)N1C(=O)CC(C)(C(C)(C)C)CC1=O. The monoisotopic (exact) mass is 728 g/mol. The van der Waals surface area contributed by atoms with Crippen LogP contribution in [0.5, 0.6) is 0 Å². The van der Waals surface area contributed by atoms with E-state index < -0.39 is 52.6 Å². The topological polar surface area (TPSA) is 200 Å². The van der Waals surface area contributed by atoms with E-state index in [4.69, 9.17) is 4.79 Å². The Kier molecular flexibility index (Phi) is 17.3. The van der Waals surface area contributed by atoms with Crippen LogP contribution in [0.15, 0.2) is 30.3 Å². The Morgan fingerprint density at radius 1 is 0.788 bits per heavy atom. The summed E-state index contributed by atoms with van der Waals surface area (Å²) in [5, 5.41) is 12.7. The Balaban J connectivity index is 0.00000434. The van der Waals surface area contributed by atoms with Gasteiger partial charge in [0.1, 0.15) is 12.3 Å². The molecule has 1 heterocycles. The van der Waals surface area contributed by atoms with Crippen LogP contribution in [-0.2, 0) is 44.8 Å². The van der Waals surface area contributed by atoms with Crippen molar-refractivity contribution in [2.24, 2.45) is 16.2 Å². The fourth-order valence-electron chi connectivity index (χ4n) is 6.32. The van der Waals surface area contributed by atoms with E-state index >= 15 is 0 Å². The lowest BCUT2D eigenvalue weighted by molar-refractivity contribution is -0.165. The lowest BCUT2D eigenvalue weighted by Gasteiger charge is -2.50. The molecule has 0 bridgehead atoms. The molecule has 5 N–H and O–H groups in total. The highest BCUT2D eigenvalue weighted by atomic mass is 16.2. The van der Waals surface area contributed by atoms with E-state index in [2.05, 4.69) is 26.6 Å². The zero-order valence-corrected chi connectivity index (χ0v) is 32.6. The van der Waals surface area contributed by atoms with Crippen molar-refractivity contribution in [3.05, 3.63) is 35.9 Å². The van der Waals surface area contributed by atoms with Crippen molar-refractivity contribution in [1.82, 2.24) is 31.5 Å². The predicted molar refractivity (Wildman–Crippen MR) is 197 cm³/mol. The van der Waals surface area contributed by atoms with E-state index in [1.54, 1.807) is 31.2 Å². The van der Waals surface area contributed by atoms with Gasteiger partial charge in [0.2, 0.25) is 41.4 Å². The molecule has 1 atom stereocenters. The van der Waals surface area contributed by atoms with E-state index in [9.17, 15) is 33.6 Å². The third kappa shape index (κ3) is 14.9. The number of carbonyl (C=O) groups excluding carboxylic acids is 8. The molecule has 1 fully saturated rings. The van der Waals surface area contributed by atoms with Crippen LogP contribution in [0.2, 0.25) is 0 Å². The van der Waals surface area contributed by atoms with Crippen LogP contribution in [0.3, 0.4) is 0 Å². The maximum absolute atomic E-state index is 13.3. The summed E-state index contributed by atoms with van der Waals surface area (Å²) in [6.45, 7) is 18.0. The molecule has 14 heteroatoms. The molecule has 0 radical (unpaired) electrons. The van der Waals surface area contributed by atoms with E-state index in [0.717, 1.165) is 11.8 Å². The van der Waals surface area contributed by atoms with Gasteiger partial charge >= 0.3 is 0 Å². The van der Waals surface area contributed by atoms with Crippen molar-refractivity contribution >= 4 is 47.6 Å². The number of likely N-dealkylation sites (tertiary alicyclic amines) is 1. The standard InChI is InChI=1S/C36H56N6O7.C2H4O/c1-10-37-27(44)21-40-32(49)25(16-24-14-12-11-13-15-24)41-29(46)22-39-28(45)20-38-26(43)17-34(5,6)23-35(7,8)42-30(47)18-36(9,19-31(42)48)33(2,3)4;1-2-3/h11-15,25H,10,16-23H2,1-9H3,(H,37,44)(H,38,43)(H,39,45)(H,40,49)(H,41,46);2H,1H3. The molecule has 14 nitrogen and oxygen atoms in total. The minimum absolute atomic E-state index is 0.0344. The van der Waals surface area contributed by atoms with E-state index in [0.29, 0.717) is 13.0 Å². The Hall–Kier alpha value is -4.62. The van der Waals surface area contributed by atoms with Gasteiger partial charge in [0.15, 0.2) is 0 Å². The number of nitrogens with one attached hydrogen (secondary N) is 5. The van der Waals surface area contributed by atoms with Crippen LogP contribution in [0.4, 0.5) is 0 Å². The van der Waals surface area contributed by atoms with Crippen molar-refractivity contribution in [2.45, 2.75) is 113 Å². The Labute approximate surface area is 308 Å². The average molecular weight is 729 g/mol. The number of likely N-dealkylation sites (N-methyl/N-ethyl adjacent to an activating group) is 1. The number of carbonyl (C=O) groups is 8. The van der Waals surface area contributed by atoms with Gasteiger partial charge in [-0.1, -0.05) is 71.9 Å². The second-order valence-corrected chi connectivity index (χ2v) is 15.9. The summed E-state index contributed by atoms with van der Waals surface area (Å²) in [5.41, 5.74) is -1.34. The van der Waals surface area contributed by atoms with Crippen molar-refractivity contribution in [3.63, 3.8) is 0 Å². The number of imide groups is 1. The van der Waals surface area contributed by atoms with Crippen molar-refractivity contribution in [2.75, 3.05) is 26.2 Å². The van der Waals surface area contributed by atoms with Crippen LogP contribution < -0.4 is 26.6 Å². The molecule has 1 aliphatic heterocycles. The van der Waals surface area contributed by atoms with Gasteiger partial charge in [0.05, 0.1) is 19.6 Å². The summed E-state index contributed by atoms with van der Waals surface area (Å²) < 4.78 is 0. The van der Waals surface area contributed by atoms with Crippen molar-refractivity contribution < 1.29 is 38.4 Å². The van der Waals surface area contributed by atoms with Crippen LogP contribution in [0.1, 0.15) is 100 Å². The van der Waals surface area contributed by atoms with Crippen molar-refractivity contribution in [1.29, 1.82) is 0 Å². The third-order valence-electron chi connectivity index (χ3n) is 9.17. The predicted octanol–water partition coefficient (Wildman–Crippen LogP) is 2.19. The highest BCUT2D eigenvalue weighted by Crippen LogP contribution is 2.49. The number of aldehydes is 1. The third-order valence-corrected chi connectivity index (χ3v) is 9.17. The summed E-state index contributed by atoms with van der Waals surface area (Å²) in [6, 6.07) is 8.04.